The second-order valence-corrected chi connectivity index (χ2v) is 13.9. The first-order chi connectivity index (χ1) is 22.9. The van der Waals surface area contributed by atoms with E-state index in [-0.39, 0.29) is 24.4 Å². The van der Waals surface area contributed by atoms with E-state index in [9.17, 15) is 22.2 Å². The highest BCUT2D eigenvalue weighted by Crippen LogP contribution is 2.36. The van der Waals surface area contributed by atoms with Gasteiger partial charge in [-0.05, 0) is 68.0 Å². The SMILES string of the molecule is COc1cc(C(=O)NC2CCN(C3CCCCC3)CC2)ccc1Nc1ncc(C(F)(F)F)c(NCc2ccc(C)cc2N(C)S(C)=O)n1. The Balaban J connectivity index is 1.27. The van der Waals surface area contributed by atoms with Gasteiger partial charge in [-0.2, -0.15) is 18.2 Å². The molecule has 1 aliphatic heterocycles. The lowest BCUT2D eigenvalue weighted by Gasteiger charge is -2.39. The van der Waals surface area contributed by atoms with Crippen molar-refractivity contribution in [2.45, 2.75) is 76.7 Å². The summed E-state index contributed by atoms with van der Waals surface area (Å²) in [7, 11) is 1.77. The molecule has 1 amide bonds. The molecule has 2 fully saturated rings. The van der Waals surface area contributed by atoms with Crippen molar-refractivity contribution < 1.29 is 26.9 Å². The zero-order chi connectivity index (χ0) is 34.4. The zero-order valence-corrected chi connectivity index (χ0v) is 28.6. The van der Waals surface area contributed by atoms with E-state index < -0.39 is 28.5 Å². The molecule has 1 unspecified atom stereocenters. The van der Waals surface area contributed by atoms with Crippen LogP contribution in [0.2, 0.25) is 0 Å². The summed E-state index contributed by atoms with van der Waals surface area (Å²) in [6.45, 7) is 3.83. The van der Waals surface area contributed by atoms with Crippen LogP contribution >= 0.6 is 0 Å². The average molecular weight is 688 g/mol. The van der Waals surface area contributed by atoms with Gasteiger partial charge in [-0.25, -0.2) is 9.19 Å². The van der Waals surface area contributed by atoms with Gasteiger partial charge in [0.05, 0.1) is 18.5 Å². The number of ether oxygens (including phenoxy) is 1. The van der Waals surface area contributed by atoms with Crippen molar-refractivity contribution in [1.29, 1.82) is 0 Å². The lowest BCUT2D eigenvalue weighted by atomic mass is 9.92. The summed E-state index contributed by atoms with van der Waals surface area (Å²) in [5.74, 6) is -0.410. The number of aromatic nitrogens is 2. The fourth-order valence-electron chi connectivity index (χ4n) is 6.40. The maximum Gasteiger partial charge on any atom is 0.421 e. The predicted octanol–water partition coefficient (Wildman–Crippen LogP) is 6.42. The number of carbonyl (C=O) groups excluding carboxylic acids is 1. The maximum absolute atomic E-state index is 14.0. The highest BCUT2D eigenvalue weighted by atomic mass is 32.2. The highest BCUT2D eigenvalue weighted by molar-refractivity contribution is 7.85. The van der Waals surface area contributed by atoms with Gasteiger partial charge in [0, 0.05) is 56.8 Å². The van der Waals surface area contributed by atoms with E-state index in [0.29, 0.717) is 34.3 Å². The van der Waals surface area contributed by atoms with E-state index in [2.05, 4.69) is 30.8 Å². The molecule has 3 N–H and O–H groups in total. The number of hydrogen-bond donors (Lipinski definition) is 3. The molecule has 1 aromatic heterocycles. The van der Waals surface area contributed by atoms with E-state index in [1.807, 2.05) is 19.1 Å². The number of benzene rings is 2. The van der Waals surface area contributed by atoms with E-state index in [1.165, 1.54) is 45.5 Å². The molecule has 2 aliphatic rings. The smallest absolute Gasteiger partial charge is 0.421 e. The van der Waals surface area contributed by atoms with Crippen LogP contribution in [0.3, 0.4) is 0 Å². The summed E-state index contributed by atoms with van der Waals surface area (Å²) in [4.78, 5) is 23.8. The van der Waals surface area contributed by atoms with Crippen molar-refractivity contribution in [3.8, 4) is 5.75 Å². The first-order valence-electron chi connectivity index (χ1n) is 16.3. The first-order valence-corrected chi connectivity index (χ1v) is 17.8. The van der Waals surface area contributed by atoms with Crippen molar-refractivity contribution >= 4 is 40.0 Å². The Kier molecular flexibility index (Phi) is 11.5. The summed E-state index contributed by atoms with van der Waals surface area (Å²) >= 11 is 0. The molecule has 0 bridgehead atoms. The summed E-state index contributed by atoms with van der Waals surface area (Å²) < 4.78 is 61.1. The van der Waals surface area contributed by atoms with E-state index >= 15 is 0 Å². The van der Waals surface area contributed by atoms with E-state index in [0.717, 1.165) is 37.7 Å². The standard InChI is InChI=1S/C34H44F3N7O3S/c1-22-10-11-24(29(18-22)43(2)48(4)46)20-38-31-27(34(35,36)37)21-39-33(42-31)41-28-13-12-23(19-30(28)47-3)32(45)40-25-14-16-44(17-15-25)26-8-6-5-7-9-26/h10-13,18-19,21,25-26H,5-9,14-17,20H2,1-4H3,(H,40,45)(H2,38,39,41,42). The normalized spacial score (nSPS) is 17.1. The fraction of sp³-hybridized carbons (Fsp3) is 0.500. The van der Waals surface area contributed by atoms with Crippen molar-refractivity contribution in [3.63, 3.8) is 0 Å². The third kappa shape index (κ3) is 8.76. The number of nitrogens with one attached hydrogen (secondary N) is 3. The quantitative estimate of drug-likeness (QED) is 0.212. The van der Waals surface area contributed by atoms with Gasteiger partial charge in [0.1, 0.15) is 28.1 Å². The van der Waals surface area contributed by atoms with Gasteiger partial charge in [0.25, 0.3) is 5.91 Å². The summed E-state index contributed by atoms with van der Waals surface area (Å²) in [5.41, 5.74) is 1.96. The van der Waals surface area contributed by atoms with Gasteiger partial charge in [-0.3, -0.25) is 9.10 Å². The number of anilines is 4. The van der Waals surface area contributed by atoms with Crippen LogP contribution in [0.5, 0.6) is 5.75 Å². The third-order valence-electron chi connectivity index (χ3n) is 9.17. The van der Waals surface area contributed by atoms with Gasteiger partial charge in [0.2, 0.25) is 5.95 Å². The molecule has 1 saturated heterocycles. The molecule has 2 aromatic carbocycles. The zero-order valence-electron chi connectivity index (χ0n) is 27.8. The molecular weight excluding hydrogens is 643 g/mol. The van der Waals surface area contributed by atoms with Crippen LogP contribution in [0.1, 0.15) is 72.0 Å². The molecule has 14 heteroatoms. The molecule has 2 heterocycles. The molecule has 1 aliphatic carbocycles. The van der Waals surface area contributed by atoms with Crippen LogP contribution < -0.4 is 25.0 Å². The van der Waals surface area contributed by atoms with Gasteiger partial charge in [-0.1, -0.05) is 31.4 Å². The van der Waals surface area contributed by atoms with Crippen LogP contribution in [0.25, 0.3) is 0 Å². The molecule has 5 rings (SSSR count). The van der Waals surface area contributed by atoms with Crippen LogP contribution in [0.4, 0.5) is 36.3 Å². The van der Waals surface area contributed by atoms with Crippen molar-refractivity contribution in [2.24, 2.45) is 0 Å². The van der Waals surface area contributed by atoms with Crippen molar-refractivity contribution in [2.75, 3.05) is 48.4 Å². The number of hydrogen-bond acceptors (Lipinski definition) is 8. The molecule has 0 spiro atoms. The number of carbonyl (C=O) groups is 1. The number of rotatable bonds is 11. The molecule has 1 atom stereocenters. The lowest BCUT2D eigenvalue weighted by molar-refractivity contribution is -0.137. The number of aryl methyl sites for hydroxylation is 1. The minimum atomic E-state index is -4.71. The van der Waals surface area contributed by atoms with Crippen molar-refractivity contribution in [3.05, 3.63) is 64.8 Å². The average Bonchev–Trinajstić information content (AvgIpc) is 3.07. The van der Waals surface area contributed by atoms with Crippen LogP contribution in [0, 0.1) is 6.92 Å². The monoisotopic (exact) mass is 687 g/mol. The van der Waals surface area contributed by atoms with E-state index in [4.69, 9.17) is 4.74 Å². The fourth-order valence-corrected chi connectivity index (χ4v) is 6.85. The first kappa shape index (κ1) is 35.4. The number of amides is 1. The Morgan fingerprint density at radius 1 is 1.08 bits per heavy atom. The minimum absolute atomic E-state index is 0.0105. The van der Waals surface area contributed by atoms with Crippen LogP contribution in [-0.4, -0.2) is 70.6 Å². The summed E-state index contributed by atoms with van der Waals surface area (Å²) in [5, 5.41) is 8.89. The largest absolute Gasteiger partial charge is 0.495 e. The second kappa shape index (κ2) is 15.5. The minimum Gasteiger partial charge on any atom is -0.495 e. The molecule has 0 radical (unpaired) electrons. The van der Waals surface area contributed by atoms with Crippen molar-refractivity contribution in [1.82, 2.24) is 20.2 Å². The lowest BCUT2D eigenvalue weighted by Crippen LogP contribution is -2.48. The Morgan fingerprint density at radius 3 is 2.48 bits per heavy atom. The number of piperidine rings is 1. The Labute approximate surface area is 282 Å². The number of nitrogens with zero attached hydrogens (tertiary/aromatic N) is 4. The number of alkyl halides is 3. The topological polar surface area (TPSA) is 112 Å². The second-order valence-electron chi connectivity index (χ2n) is 12.5. The van der Waals surface area contributed by atoms with E-state index in [1.54, 1.807) is 35.6 Å². The summed E-state index contributed by atoms with van der Waals surface area (Å²) in [6, 6.07) is 11.0. The van der Waals surface area contributed by atoms with Crippen LogP contribution in [0.15, 0.2) is 42.6 Å². The predicted molar refractivity (Wildman–Crippen MR) is 183 cm³/mol. The van der Waals surface area contributed by atoms with Gasteiger partial charge >= 0.3 is 6.18 Å². The molecule has 48 heavy (non-hydrogen) atoms. The number of methoxy groups -OCH3 is 1. The molecule has 3 aromatic rings. The van der Waals surface area contributed by atoms with Gasteiger partial charge < -0.3 is 25.6 Å². The van der Waals surface area contributed by atoms with Gasteiger partial charge in [-0.15, -0.1) is 0 Å². The molecule has 10 nitrogen and oxygen atoms in total. The van der Waals surface area contributed by atoms with Gasteiger partial charge in [0.15, 0.2) is 0 Å². The molecule has 1 saturated carbocycles. The third-order valence-corrected chi connectivity index (χ3v) is 10.1. The Hall–Kier alpha value is -3.91. The van der Waals surface area contributed by atoms with Crippen LogP contribution in [-0.2, 0) is 23.7 Å². The maximum atomic E-state index is 14.0. The summed E-state index contributed by atoms with van der Waals surface area (Å²) in [6.07, 6.45) is 5.80. The number of likely N-dealkylation sites (tertiary alicyclic amines) is 1. The number of halogens is 3. The molecule has 260 valence electrons. The Bertz CT molecular complexity index is 1610. The highest BCUT2D eigenvalue weighted by Gasteiger charge is 2.35. The molecular formula is C34H44F3N7O3S. The Morgan fingerprint density at radius 2 is 1.81 bits per heavy atom.